The Bertz CT molecular complexity index is 509. The SMILES string of the molecule is COC1=CC=CCC1C1OCCNCC1c1ccccc1. The van der Waals surface area contributed by atoms with E-state index in [2.05, 4.69) is 53.9 Å². The van der Waals surface area contributed by atoms with Crippen molar-refractivity contribution in [2.24, 2.45) is 5.92 Å². The minimum atomic E-state index is 0.151. The Morgan fingerprint density at radius 3 is 2.86 bits per heavy atom. The Morgan fingerprint density at radius 2 is 2.05 bits per heavy atom. The average Bonchev–Trinajstić information content (AvgIpc) is 2.81. The van der Waals surface area contributed by atoms with Crippen molar-refractivity contribution in [1.29, 1.82) is 0 Å². The molecule has 1 aromatic rings. The zero-order valence-electron chi connectivity index (χ0n) is 12.5. The predicted molar refractivity (Wildman–Crippen MR) is 84.1 cm³/mol. The van der Waals surface area contributed by atoms with Crippen molar-refractivity contribution in [1.82, 2.24) is 5.32 Å². The first-order chi connectivity index (χ1) is 10.4. The molecule has 1 N–H and O–H groups in total. The van der Waals surface area contributed by atoms with Crippen molar-refractivity contribution in [3.8, 4) is 0 Å². The van der Waals surface area contributed by atoms with Crippen LogP contribution >= 0.6 is 0 Å². The second-order valence-corrected chi connectivity index (χ2v) is 5.60. The van der Waals surface area contributed by atoms with E-state index in [9.17, 15) is 0 Å². The quantitative estimate of drug-likeness (QED) is 0.926. The van der Waals surface area contributed by atoms with Gasteiger partial charge in [-0.15, -0.1) is 0 Å². The fourth-order valence-electron chi connectivity index (χ4n) is 3.30. The Balaban J connectivity index is 1.89. The Hall–Kier alpha value is -1.58. The average molecular weight is 285 g/mol. The molecule has 0 amide bonds. The second kappa shape index (κ2) is 6.92. The number of nitrogens with one attached hydrogen (secondary N) is 1. The molecule has 0 spiro atoms. The van der Waals surface area contributed by atoms with Crippen LogP contribution in [-0.4, -0.2) is 32.9 Å². The van der Waals surface area contributed by atoms with Gasteiger partial charge in [-0.3, -0.25) is 0 Å². The molecular weight excluding hydrogens is 262 g/mol. The normalized spacial score (nSPS) is 29.6. The van der Waals surface area contributed by atoms with E-state index in [0.717, 1.165) is 31.9 Å². The maximum Gasteiger partial charge on any atom is 0.101 e. The molecule has 1 aliphatic heterocycles. The molecule has 0 saturated carbocycles. The van der Waals surface area contributed by atoms with Gasteiger partial charge in [0.15, 0.2) is 0 Å². The van der Waals surface area contributed by atoms with E-state index in [1.54, 1.807) is 7.11 Å². The second-order valence-electron chi connectivity index (χ2n) is 5.60. The van der Waals surface area contributed by atoms with Crippen LogP contribution in [0.1, 0.15) is 17.9 Å². The van der Waals surface area contributed by atoms with Gasteiger partial charge in [0, 0.05) is 24.9 Å². The summed E-state index contributed by atoms with van der Waals surface area (Å²) in [6.07, 6.45) is 7.48. The van der Waals surface area contributed by atoms with Gasteiger partial charge in [0.25, 0.3) is 0 Å². The van der Waals surface area contributed by atoms with Gasteiger partial charge in [0.2, 0.25) is 0 Å². The van der Waals surface area contributed by atoms with Crippen LogP contribution in [0.2, 0.25) is 0 Å². The molecule has 2 aliphatic rings. The van der Waals surface area contributed by atoms with Gasteiger partial charge in [0.1, 0.15) is 5.76 Å². The van der Waals surface area contributed by atoms with E-state index in [1.165, 1.54) is 5.56 Å². The van der Waals surface area contributed by atoms with Crippen molar-refractivity contribution >= 4 is 0 Å². The highest BCUT2D eigenvalue weighted by Crippen LogP contribution is 2.35. The predicted octanol–water partition coefficient (Wildman–Crippen LogP) is 2.87. The molecule has 21 heavy (non-hydrogen) atoms. The standard InChI is InChI=1S/C18H23NO2/c1-20-17-10-6-5-9-15(17)18-16(13-19-11-12-21-18)14-7-3-2-4-8-14/h2-8,10,15-16,18-19H,9,11-13H2,1H3. The maximum absolute atomic E-state index is 6.22. The molecule has 3 unspecified atom stereocenters. The lowest BCUT2D eigenvalue weighted by molar-refractivity contribution is 0.00495. The summed E-state index contributed by atoms with van der Waals surface area (Å²) in [4.78, 5) is 0. The van der Waals surface area contributed by atoms with E-state index < -0.39 is 0 Å². The number of hydrogen-bond acceptors (Lipinski definition) is 3. The lowest BCUT2D eigenvalue weighted by Crippen LogP contribution is -2.35. The highest BCUT2D eigenvalue weighted by molar-refractivity contribution is 5.25. The van der Waals surface area contributed by atoms with Crippen molar-refractivity contribution < 1.29 is 9.47 Å². The molecule has 0 bridgehead atoms. The topological polar surface area (TPSA) is 30.5 Å². The van der Waals surface area contributed by atoms with Crippen LogP contribution in [-0.2, 0) is 9.47 Å². The van der Waals surface area contributed by atoms with Gasteiger partial charge in [-0.1, -0.05) is 42.5 Å². The zero-order chi connectivity index (χ0) is 14.5. The molecule has 1 aliphatic carbocycles. The number of allylic oxidation sites excluding steroid dienone is 3. The van der Waals surface area contributed by atoms with Crippen molar-refractivity contribution in [3.63, 3.8) is 0 Å². The fraction of sp³-hybridized carbons (Fsp3) is 0.444. The number of ether oxygens (including phenoxy) is 2. The molecule has 1 heterocycles. The van der Waals surface area contributed by atoms with Crippen LogP contribution in [0.25, 0.3) is 0 Å². The lowest BCUT2D eigenvalue weighted by atomic mass is 9.81. The molecule has 1 fully saturated rings. The Labute approximate surface area is 126 Å². The molecular formula is C18H23NO2. The monoisotopic (exact) mass is 285 g/mol. The highest BCUT2D eigenvalue weighted by Gasteiger charge is 2.35. The summed E-state index contributed by atoms with van der Waals surface area (Å²) >= 11 is 0. The summed E-state index contributed by atoms with van der Waals surface area (Å²) in [5.74, 6) is 1.68. The fourth-order valence-corrected chi connectivity index (χ4v) is 3.30. The molecule has 112 valence electrons. The first-order valence-corrected chi connectivity index (χ1v) is 7.68. The first kappa shape index (κ1) is 14.4. The molecule has 3 rings (SSSR count). The molecule has 1 saturated heterocycles. The van der Waals surface area contributed by atoms with Crippen LogP contribution < -0.4 is 5.32 Å². The Kier molecular flexibility index (Phi) is 4.73. The minimum Gasteiger partial charge on any atom is -0.501 e. The molecule has 0 radical (unpaired) electrons. The number of benzene rings is 1. The van der Waals surface area contributed by atoms with Crippen molar-refractivity contribution in [2.75, 3.05) is 26.8 Å². The molecule has 1 aromatic carbocycles. The van der Waals surface area contributed by atoms with Crippen LogP contribution in [0.3, 0.4) is 0 Å². The van der Waals surface area contributed by atoms with E-state index in [1.807, 2.05) is 0 Å². The number of methoxy groups -OCH3 is 1. The number of hydrogen-bond donors (Lipinski definition) is 1. The van der Waals surface area contributed by atoms with Gasteiger partial charge in [-0.05, 0) is 18.1 Å². The van der Waals surface area contributed by atoms with Gasteiger partial charge in [0.05, 0.1) is 19.8 Å². The minimum absolute atomic E-state index is 0.151. The van der Waals surface area contributed by atoms with Crippen molar-refractivity contribution in [2.45, 2.75) is 18.4 Å². The zero-order valence-corrected chi connectivity index (χ0v) is 12.5. The summed E-state index contributed by atoms with van der Waals surface area (Å²) in [6, 6.07) is 10.7. The van der Waals surface area contributed by atoms with Crippen molar-refractivity contribution in [3.05, 3.63) is 59.9 Å². The molecule has 3 nitrogen and oxygen atoms in total. The van der Waals surface area contributed by atoms with E-state index >= 15 is 0 Å². The summed E-state index contributed by atoms with van der Waals surface area (Å²) in [7, 11) is 1.75. The van der Waals surface area contributed by atoms with E-state index in [4.69, 9.17) is 9.47 Å². The maximum atomic E-state index is 6.22. The third-order valence-corrected chi connectivity index (χ3v) is 4.36. The summed E-state index contributed by atoms with van der Waals surface area (Å²) in [5, 5.41) is 3.49. The molecule has 3 heteroatoms. The van der Waals surface area contributed by atoms with Crippen LogP contribution in [0.15, 0.2) is 54.3 Å². The van der Waals surface area contributed by atoms with Gasteiger partial charge in [-0.2, -0.15) is 0 Å². The summed E-state index contributed by atoms with van der Waals surface area (Å²) in [6.45, 7) is 2.62. The van der Waals surface area contributed by atoms with Crippen LogP contribution in [0, 0.1) is 5.92 Å². The smallest absolute Gasteiger partial charge is 0.101 e. The number of rotatable bonds is 3. The van der Waals surface area contributed by atoms with Crippen LogP contribution in [0.4, 0.5) is 0 Å². The third kappa shape index (κ3) is 3.20. The summed E-state index contributed by atoms with van der Waals surface area (Å²) in [5.41, 5.74) is 1.34. The third-order valence-electron chi connectivity index (χ3n) is 4.36. The summed E-state index contributed by atoms with van der Waals surface area (Å²) < 4.78 is 11.8. The molecule has 3 atom stereocenters. The highest BCUT2D eigenvalue weighted by atomic mass is 16.5. The Morgan fingerprint density at radius 1 is 1.19 bits per heavy atom. The first-order valence-electron chi connectivity index (χ1n) is 7.68. The van der Waals surface area contributed by atoms with E-state index in [0.29, 0.717) is 11.8 Å². The van der Waals surface area contributed by atoms with Gasteiger partial charge >= 0.3 is 0 Å². The van der Waals surface area contributed by atoms with Gasteiger partial charge < -0.3 is 14.8 Å². The largest absolute Gasteiger partial charge is 0.501 e. The van der Waals surface area contributed by atoms with E-state index in [-0.39, 0.29) is 6.10 Å². The molecule has 0 aromatic heterocycles. The van der Waals surface area contributed by atoms with Crippen LogP contribution in [0.5, 0.6) is 0 Å². The lowest BCUT2D eigenvalue weighted by Gasteiger charge is -2.33. The van der Waals surface area contributed by atoms with Gasteiger partial charge in [-0.25, -0.2) is 0 Å².